The van der Waals surface area contributed by atoms with E-state index in [1.54, 1.807) is 0 Å². The molecule has 3 heteroatoms. The molecule has 1 nitrogen and oxygen atoms in total. The van der Waals surface area contributed by atoms with Crippen LogP contribution in [-0.4, -0.2) is 6.61 Å². The number of unbranched alkanes of at least 4 members (excludes halogenated alkanes) is 1. The fourth-order valence-electron chi connectivity index (χ4n) is 2.66. The van der Waals surface area contributed by atoms with Crippen molar-refractivity contribution in [1.29, 1.82) is 0 Å². The standard InChI is InChI=1S/C23H25OS.BrH/c1-2-3-18-24-21-16-14-20(15-17-21)19-25(22-10-6-4-7-11-22)23-12-8-5-9-13-23;/h4-17H,2-3,18-19H2,1H3;1H/q+1;/p-1. The Bertz CT molecular complexity index is 705. The first-order valence-electron chi connectivity index (χ1n) is 8.89. The van der Waals surface area contributed by atoms with Crippen LogP contribution in [0.5, 0.6) is 5.75 Å². The Morgan fingerprint density at radius 3 is 1.77 bits per heavy atom. The molecule has 0 aliphatic carbocycles. The maximum atomic E-state index is 5.78. The van der Waals surface area contributed by atoms with Crippen LogP contribution in [-0.2, 0) is 16.6 Å². The highest BCUT2D eigenvalue weighted by Crippen LogP contribution is 2.27. The van der Waals surface area contributed by atoms with Gasteiger partial charge in [0, 0.05) is 5.56 Å². The van der Waals surface area contributed by atoms with E-state index in [9.17, 15) is 0 Å². The summed E-state index contributed by atoms with van der Waals surface area (Å²) in [5.74, 6) is 1.99. The van der Waals surface area contributed by atoms with Gasteiger partial charge in [-0.05, 0) is 42.8 Å². The Labute approximate surface area is 170 Å². The SMILES string of the molecule is CCCCOc1ccc(C[S+](c2ccccc2)c2ccccc2)cc1.[Br-]. The highest BCUT2D eigenvalue weighted by molar-refractivity contribution is 7.96. The lowest BCUT2D eigenvalue weighted by Gasteiger charge is -2.09. The van der Waals surface area contributed by atoms with Crippen molar-refractivity contribution < 1.29 is 21.7 Å². The third-order valence-corrected chi connectivity index (χ3v) is 6.36. The zero-order valence-corrected chi connectivity index (χ0v) is 17.5. The molecule has 0 aromatic heterocycles. The molecule has 0 aliphatic rings. The predicted molar refractivity (Wildman–Crippen MR) is 107 cm³/mol. The van der Waals surface area contributed by atoms with Crippen LogP contribution < -0.4 is 21.7 Å². The number of benzene rings is 3. The Hall–Kier alpha value is -1.71. The van der Waals surface area contributed by atoms with Gasteiger partial charge in [0.1, 0.15) is 11.5 Å². The summed E-state index contributed by atoms with van der Waals surface area (Å²) in [6.45, 7) is 2.98. The Kier molecular flexibility index (Phi) is 8.79. The summed E-state index contributed by atoms with van der Waals surface area (Å²) in [5, 5.41) is 0. The lowest BCUT2D eigenvalue weighted by atomic mass is 10.2. The number of hydrogen-bond donors (Lipinski definition) is 0. The molecule has 0 spiro atoms. The molecule has 0 fully saturated rings. The Morgan fingerprint density at radius 1 is 0.731 bits per heavy atom. The van der Waals surface area contributed by atoms with E-state index in [-0.39, 0.29) is 27.9 Å². The van der Waals surface area contributed by atoms with E-state index in [4.69, 9.17) is 4.74 Å². The summed E-state index contributed by atoms with van der Waals surface area (Å²) >= 11 is 0. The molecule has 0 atom stereocenters. The van der Waals surface area contributed by atoms with Gasteiger partial charge in [-0.25, -0.2) is 0 Å². The maximum Gasteiger partial charge on any atom is 0.161 e. The van der Waals surface area contributed by atoms with Crippen molar-refractivity contribution in [2.75, 3.05) is 6.61 Å². The molecule has 0 aliphatic heterocycles. The fourth-order valence-corrected chi connectivity index (χ4v) is 4.76. The van der Waals surface area contributed by atoms with Gasteiger partial charge in [0.05, 0.1) is 17.5 Å². The summed E-state index contributed by atoms with van der Waals surface area (Å²) in [5.41, 5.74) is 1.35. The quantitative estimate of drug-likeness (QED) is 0.395. The average molecular weight is 429 g/mol. The molecule has 3 aromatic carbocycles. The molecule has 136 valence electrons. The minimum Gasteiger partial charge on any atom is -1.00 e. The van der Waals surface area contributed by atoms with Crippen LogP contribution in [0.1, 0.15) is 25.3 Å². The van der Waals surface area contributed by atoms with Crippen molar-refractivity contribution in [2.45, 2.75) is 35.3 Å². The van der Waals surface area contributed by atoms with Crippen molar-refractivity contribution in [1.82, 2.24) is 0 Å². The molecule has 0 N–H and O–H groups in total. The van der Waals surface area contributed by atoms with Crippen LogP contribution in [0.4, 0.5) is 0 Å². The van der Waals surface area contributed by atoms with Crippen LogP contribution in [0.2, 0.25) is 0 Å². The molecule has 0 saturated heterocycles. The van der Waals surface area contributed by atoms with Crippen LogP contribution >= 0.6 is 0 Å². The van der Waals surface area contributed by atoms with Gasteiger partial charge in [-0.2, -0.15) is 0 Å². The van der Waals surface area contributed by atoms with Gasteiger partial charge in [-0.1, -0.05) is 61.9 Å². The lowest BCUT2D eigenvalue weighted by Crippen LogP contribution is -3.00. The lowest BCUT2D eigenvalue weighted by molar-refractivity contribution is -0.00000559. The molecule has 3 aromatic rings. The summed E-state index contributed by atoms with van der Waals surface area (Å²) in [6.07, 6.45) is 2.27. The second-order valence-corrected chi connectivity index (χ2v) is 8.02. The van der Waals surface area contributed by atoms with E-state index >= 15 is 0 Å². The number of rotatable bonds is 8. The van der Waals surface area contributed by atoms with Crippen LogP contribution in [0.15, 0.2) is 94.7 Å². The van der Waals surface area contributed by atoms with Gasteiger partial charge in [-0.3, -0.25) is 0 Å². The van der Waals surface area contributed by atoms with Crippen LogP contribution in [0.25, 0.3) is 0 Å². The minimum absolute atomic E-state index is 0. The maximum absolute atomic E-state index is 5.78. The van der Waals surface area contributed by atoms with E-state index in [0.717, 1.165) is 31.0 Å². The topological polar surface area (TPSA) is 9.23 Å². The largest absolute Gasteiger partial charge is 1.00 e. The molecule has 0 amide bonds. The van der Waals surface area contributed by atoms with E-state index in [2.05, 4.69) is 91.9 Å². The second-order valence-electron chi connectivity index (χ2n) is 6.01. The van der Waals surface area contributed by atoms with E-state index < -0.39 is 0 Å². The van der Waals surface area contributed by atoms with Crippen molar-refractivity contribution in [3.8, 4) is 5.75 Å². The molecule has 0 heterocycles. The molecular formula is C23H25BrOS. The van der Waals surface area contributed by atoms with Crippen LogP contribution in [0, 0.1) is 0 Å². The van der Waals surface area contributed by atoms with Crippen molar-refractivity contribution in [2.24, 2.45) is 0 Å². The third kappa shape index (κ3) is 5.93. The summed E-state index contributed by atoms with van der Waals surface area (Å²) in [4.78, 5) is 2.77. The molecule has 3 rings (SSSR count). The molecule has 26 heavy (non-hydrogen) atoms. The first-order chi connectivity index (χ1) is 12.4. The van der Waals surface area contributed by atoms with Gasteiger partial charge in [0.15, 0.2) is 9.79 Å². The minimum atomic E-state index is 0. The first-order valence-corrected chi connectivity index (χ1v) is 10.3. The van der Waals surface area contributed by atoms with Gasteiger partial charge in [-0.15, -0.1) is 0 Å². The molecule has 0 bridgehead atoms. The van der Waals surface area contributed by atoms with E-state index in [1.807, 2.05) is 0 Å². The van der Waals surface area contributed by atoms with E-state index in [0.29, 0.717) is 0 Å². The van der Waals surface area contributed by atoms with Crippen molar-refractivity contribution in [3.05, 3.63) is 90.5 Å². The number of halogens is 1. The summed E-state index contributed by atoms with van der Waals surface area (Å²) in [7, 11) is 0.0436. The average Bonchev–Trinajstić information content (AvgIpc) is 2.69. The van der Waals surface area contributed by atoms with Gasteiger partial charge in [0.2, 0.25) is 0 Å². The van der Waals surface area contributed by atoms with Crippen LogP contribution in [0.3, 0.4) is 0 Å². The molecule has 0 saturated carbocycles. The molecular weight excluding hydrogens is 404 g/mol. The first kappa shape index (κ1) is 20.6. The van der Waals surface area contributed by atoms with Crippen molar-refractivity contribution in [3.63, 3.8) is 0 Å². The number of hydrogen-bond acceptors (Lipinski definition) is 1. The van der Waals surface area contributed by atoms with Gasteiger partial charge < -0.3 is 21.7 Å². The summed E-state index contributed by atoms with van der Waals surface area (Å²) in [6, 6.07) is 30.2. The zero-order valence-electron chi connectivity index (χ0n) is 15.1. The van der Waals surface area contributed by atoms with Gasteiger partial charge >= 0.3 is 0 Å². The highest BCUT2D eigenvalue weighted by Gasteiger charge is 2.25. The smallest absolute Gasteiger partial charge is 0.161 e. The third-order valence-electron chi connectivity index (χ3n) is 4.06. The normalized spacial score (nSPS) is 10.4. The fraction of sp³-hybridized carbons (Fsp3) is 0.217. The molecule has 0 radical (unpaired) electrons. The monoisotopic (exact) mass is 428 g/mol. The van der Waals surface area contributed by atoms with Crippen molar-refractivity contribution >= 4 is 10.9 Å². The predicted octanol–water partition coefficient (Wildman–Crippen LogP) is 3.11. The van der Waals surface area contributed by atoms with Gasteiger partial charge in [0.25, 0.3) is 0 Å². The number of ether oxygens (including phenoxy) is 1. The zero-order chi connectivity index (χ0) is 17.3. The Morgan fingerprint density at radius 2 is 1.27 bits per heavy atom. The highest BCUT2D eigenvalue weighted by atomic mass is 79.9. The Balaban J connectivity index is 0.00000243. The van der Waals surface area contributed by atoms with E-state index in [1.165, 1.54) is 15.4 Å². The second kappa shape index (κ2) is 11.1. The summed E-state index contributed by atoms with van der Waals surface area (Å²) < 4.78 is 5.78. The molecule has 0 unspecified atom stereocenters.